The van der Waals surface area contributed by atoms with E-state index in [4.69, 9.17) is 9.47 Å². The molecule has 3 N–H and O–H groups in total. The molecule has 2 aromatic heterocycles. The van der Waals surface area contributed by atoms with E-state index in [1.807, 2.05) is 16.8 Å². The van der Waals surface area contributed by atoms with Gasteiger partial charge < -0.3 is 25.0 Å². The highest BCUT2D eigenvalue weighted by atomic mass is 32.1. The molecule has 0 fully saturated rings. The van der Waals surface area contributed by atoms with Crippen molar-refractivity contribution >= 4 is 17.2 Å². The van der Waals surface area contributed by atoms with Crippen molar-refractivity contribution in [2.75, 3.05) is 14.2 Å². The number of nitrogens with one attached hydrogen (secondary N) is 1. The van der Waals surface area contributed by atoms with Gasteiger partial charge in [0.2, 0.25) is 5.75 Å². The zero-order valence-corrected chi connectivity index (χ0v) is 16.1. The highest BCUT2D eigenvalue weighted by Gasteiger charge is 2.20. The van der Waals surface area contributed by atoms with Crippen molar-refractivity contribution in [1.82, 2.24) is 15.3 Å². The summed E-state index contributed by atoms with van der Waals surface area (Å²) in [4.78, 5) is 20.5. The van der Waals surface area contributed by atoms with Crippen molar-refractivity contribution < 1.29 is 24.5 Å². The lowest BCUT2D eigenvalue weighted by atomic mass is 10.2. The Morgan fingerprint density at radius 1 is 1.18 bits per heavy atom. The first kappa shape index (κ1) is 19.4. The molecule has 0 aliphatic heterocycles. The van der Waals surface area contributed by atoms with Crippen LogP contribution in [0.4, 0.5) is 0 Å². The monoisotopic (exact) mass is 401 g/mol. The minimum absolute atomic E-state index is 0.135. The lowest BCUT2D eigenvalue weighted by Gasteiger charge is -2.12. The number of benzene rings is 1. The van der Waals surface area contributed by atoms with Gasteiger partial charge in [-0.15, -0.1) is 0 Å². The number of hydrogen-bond acceptors (Lipinski definition) is 8. The van der Waals surface area contributed by atoms with E-state index in [-0.39, 0.29) is 18.1 Å². The molecule has 8 nitrogen and oxygen atoms in total. The molecular formula is C19H19N3O5S. The second-order valence-electron chi connectivity index (χ2n) is 5.83. The molecule has 0 unspecified atom stereocenters. The Morgan fingerprint density at radius 2 is 2.00 bits per heavy atom. The molecule has 0 saturated carbocycles. The fraction of sp³-hybridized carbons (Fsp3) is 0.211. The van der Waals surface area contributed by atoms with Crippen molar-refractivity contribution in [3.63, 3.8) is 0 Å². The summed E-state index contributed by atoms with van der Waals surface area (Å²) in [5.41, 5.74) is 1.38. The Kier molecular flexibility index (Phi) is 5.95. The van der Waals surface area contributed by atoms with Crippen LogP contribution in [0.1, 0.15) is 27.4 Å². The van der Waals surface area contributed by atoms with Crippen molar-refractivity contribution in [3.05, 3.63) is 57.7 Å². The molecule has 9 heteroatoms. The van der Waals surface area contributed by atoms with Crippen LogP contribution in [-0.2, 0) is 13.0 Å². The third-order valence-corrected chi connectivity index (χ3v) is 4.74. The van der Waals surface area contributed by atoms with Crippen LogP contribution >= 0.6 is 11.3 Å². The average molecular weight is 401 g/mol. The molecule has 28 heavy (non-hydrogen) atoms. The number of carbonyl (C=O) groups is 1. The molecule has 1 amide bonds. The molecule has 0 bridgehead atoms. The van der Waals surface area contributed by atoms with E-state index in [0.29, 0.717) is 23.5 Å². The van der Waals surface area contributed by atoms with E-state index < -0.39 is 17.5 Å². The maximum Gasteiger partial charge on any atom is 0.274 e. The maximum absolute atomic E-state index is 12.5. The first-order valence-electron chi connectivity index (χ1n) is 8.30. The number of rotatable bonds is 7. The van der Waals surface area contributed by atoms with Crippen LogP contribution in [0.15, 0.2) is 35.0 Å². The van der Waals surface area contributed by atoms with Crippen molar-refractivity contribution in [1.29, 1.82) is 0 Å². The lowest BCUT2D eigenvalue weighted by molar-refractivity contribution is 0.0941. The second-order valence-corrected chi connectivity index (χ2v) is 6.61. The Balaban J connectivity index is 1.78. The van der Waals surface area contributed by atoms with Gasteiger partial charge in [0.25, 0.3) is 11.8 Å². The predicted octanol–water partition coefficient (Wildman–Crippen LogP) is 2.49. The highest BCUT2D eigenvalue weighted by molar-refractivity contribution is 7.07. The fourth-order valence-corrected chi connectivity index (χ4v) is 3.23. The third kappa shape index (κ3) is 4.32. The zero-order chi connectivity index (χ0) is 20.1. The smallest absolute Gasteiger partial charge is 0.274 e. The SMILES string of the molecule is COc1ccc(CNC(=O)c2nc(Cc3ccsc3)nc(O)c2O)c(OC)c1. The Morgan fingerprint density at radius 3 is 2.68 bits per heavy atom. The Bertz CT molecular complexity index is 976. The summed E-state index contributed by atoms with van der Waals surface area (Å²) in [7, 11) is 3.07. The van der Waals surface area contributed by atoms with Crippen LogP contribution in [0, 0.1) is 0 Å². The van der Waals surface area contributed by atoms with Gasteiger partial charge in [0.05, 0.1) is 14.2 Å². The molecule has 0 aliphatic carbocycles. The summed E-state index contributed by atoms with van der Waals surface area (Å²) in [6.45, 7) is 0.135. The lowest BCUT2D eigenvalue weighted by Crippen LogP contribution is -2.25. The maximum atomic E-state index is 12.5. The van der Waals surface area contributed by atoms with E-state index in [1.165, 1.54) is 18.4 Å². The quantitative estimate of drug-likeness (QED) is 0.557. The standard InChI is InChI=1S/C19H19N3O5S/c1-26-13-4-3-12(14(8-13)27-2)9-20-18(24)16-17(23)19(25)22-15(21-16)7-11-5-6-28-10-11/h3-6,8,10,23H,7,9H2,1-2H3,(H,20,24)(H,21,22,25). The number of thiophene rings is 1. The van der Waals surface area contributed by atoms with E-state index in [1.54, 1.807) is 25.3 Å². The van der Waals surface area contributed by atoms with Gasteiger partial charge in [-0.2, -0.15) is 16.3 Å². The highest BCUT2D eigenvalue weighted by Crippen LogP contribution is 2.27. The van der Waals surface area contributed by atoms with E-state index in [2.05, 4.69) is 15.3 Å². The van der Waals surface area contributed by atoms with Gasteiger partial charge >= 0.3 is 0 Å². The summed E-state index contributed by atoms with van der Waals surface area (Å²) >= 11 is 1.52. The van der Waals surface area contributed by atoms with Crippen LogP contribution < -0.4 is 14.8 Å². The van der Waals surface area contributed by atoms with Crippen LogP contribution in [0.2, 0.25) is 0 Å². The predicted molar refractivity (Wildman–Crippen MR) is 103 cm³/mol. The summed E-state index contributed by atoms with van der Waals surface area (Å²) in [6.07, 6.45) is 0.337. The number of amides is 1. The summed E-state index contributed by atoms with van der Waals surface area (Å²) < 4.78 is 10.4. The normalized spacial score (nSPS) is 10.5. The van der Waals surface area contributed by atoms with Gasteiger partial charge in [0.15, 0.2) is 5.69 Å². The minimum Gasteiger partial charge on any atom is -0.501 e. The second kappa shape index (κ2) is 8.57. The Labute approximate surface area is 165 Å². The molecule has 0 atom stereocenters. The number of aromatic nitrogens is 2. The number of methoxy groups -OCH3 is 2. The first-order valence-corrected chi connectivity index (χ1v) is 9.25. The van der Waals surface area contributed by atoms with E-state index in [0.717, 1.165) is 5.56 Å². The van der Waals surface area contributed by atoms with E-state index >= 15 is 0 Å². The van der Waals surface area contributed by atoms with Gasteiger partial charge in [0, 0.05) is 24.6 Å². The molecular weight excluding hydrogens is 382 g/mol. The van der Waals surface area contributed by atoms with Gasteiger partial charge in [-0.3, -0.25) is 4.79 Å². The molecule has 2 heterocycles. The Hall–Kier alpha value is -3.33. The molecule has 0 saturated heterocycles. The molecule has 3 rings (SSSR count). The molecule has 0 spiro atoms. The summed E-state index contributed by atoms with van der Waals surface area (Å²) in [5.74, 6) is -0.517. The van der Waals surface area contributed by atoms with Gasteiger partial charge in [-0.05, 0) is 34.5 Å². The zero-order valence-electron chi connectivity index (χ0n) is 15.3. The topological polar surface area (TPSA) is 114 Å². The number of ether oxygens (including phenoxy) is 2. The van der Waals surface area contributed by atoms with Gasteiger partial charge in [0.1, 0.15) is 17.3 Å². The number of carbonyl (C=O) groups excluding carboxylic acids is 1. The van der Waals surface area contributed by atoms with Crippen LogP contribution in [0.3, 0.4) is 0 Å². The molecule has 146 valence electrons. The van der Waals surface area contributed by atoms with Crippen LogP contribution in [0.5, 0.6) is 23.1 Å². The molecule has 0 radical (unpaired) electrons. The number of aromatic hydroxyl groups is 2. The van der Waals surface area contributed by atoms with Crippen molar-refractivity contribution in [3.8, 4) is 23.1 Å². The fourth-order valence-electron chi connectivity index (χ4n) is 2.56. The number of nitrogens with zero attached hydrogens (tertiary/aromatic N) is 2. The van der Waals surface area contributed by atoms with Crippen LogP contribution in [-0.4, -0.2) is 40.3 Å². The van der Waals surface area contributed by atoms with Crippen molar-refractivity contribution in [2.45, 2.75) is 13.0 Å². The third-order valence-electron chi connectivity index (χ3n) is 4.00. The largest absolute Gasteiger partial charge is 0.501 e. The molecule has 3 aromatic rings. The van der Waals surface area contributed by atoms with Crippen LogP contribution in [0.25, 0.3) is 0 Å². The molecule has 1 aromatic carbocycles. The first-order chi connectivity index (χ1) is 13.5. The van der Waals surface area contributed by atoms with Crippen molar-refractivity contribution in [2.24, 2.45) is 0 Å². The minimum atomic E-state index is -0.659. The van der Waals surface area contributed by atoms with Gasteiger partial charge in [-0.25, -0.2) is 4.98 Å². The van der Waals surface area contributed by atoms with E-state index in [9.17, 15) is 15.0 Å². The molecule has 0 aliphatic rings. The summed E-state index contributed by atoms with van der Waals surface area (Å²) in [5, 5.41) is 26.4. The average Bonchev–Trinajstić information content (AvgIpc) is 3.21. The summed E-state index contributed by atoms with van der Waals surface area (Å²) in [6, 6.07) is 7.11. The number of hydrogen-bond donors (Lipinski definition) is 3. The van der Waals surface area contributed by atoms with Gasteiger partial charge in [-0.1, -0.05) is 0 Å².